The monoisotopic (exact) mass is 225 g/mol. The van der Waals surface area contributed by atoms with Crippen molar-refractivity contribution in [3.63, 3.8) is 0 Å². The summed E-state index contributed by atoms with van der Waals surface area (Å²) in [6.45, 7) is 5.74. The molecule has 0 aromatic carbocycles. The average molecular weight is 225 g/mol. The Morgan fingerprint density at radius 1 is 0.938 bits per heavy atom. The molecule has 0 saturated carbocycles. The van der Waals surface area contributed by atoms with Crippen LogP contribution in [0.5, 0.6) is 0 Å². The van der Waals surface area contributed by atoms with E-state index < -0.39 is 0 Å². The van der Waals surface area contributed by atoms with Crippen molar-refractivity contribution in [3.05, 3.63) is 5.62 Å². The Kier molecular flexibility index (Phi) is 5.82. The molecular formula is C11H23N5. The van der Waals surface area contributed by atoms with Crippen LogP contribution in [0.2, 0.25) is 0 Å². The maximum absolute atomic E-state index is 7.77. The topological polar surface area (TPSA) is 59.5 Å². The van der Waals surface area contributed by atoms with Crippen molar-refractivity contribution in [3.8, 4) is 0 Å². The third-order valence-corrected chi connectivity index (χ3v) is 2.77. The number of aromatic nitrogens is 4. The van der Waals surface area contributed by atoms with Crippen LogP contribution < -0.4 is 5.62 Å². The van der Waals surface area contributed by atoms with E-state index in [-0.39, 0.29) is 0 Å². The van der Waals surface area contributed by atoms with Crippen LogP contribution in [0, 0.1) is 5.41 Å². The molecule has 1 aromatic rings. The van der Waals surface area contributed by atoms with Gasteiger partial charge in [-0.25, -0.2) is 9.36 Å². The molecule has 1 N–H and O–H groups in total. The van der Waals surface area contributed by atoms with Gasteiger partial charge in [-0.05, 0) is 23.8 Å². The number of unbranched alkanes of at least 4 members (excludes halogenated alkanes) is 5. The van der Waals surface area contributed by atoms with Gasteiger partial charge in [0, 0.05) is 13.1 Å². The van der Waals surface area contributed by atoms with E-state index >= 15 is 0 Å². The fourth-order valence-corrected chi connectivity index (χ4v) is 1.72. The minimum Gasteiger partial charge on any atom is -0.266 e. The van der Waals surface area contributed by atoms with Crippen LogP contribution in [0.15, 0.2) is 0 Å². The van der Waals surface area contributed by atoms with Gasteiger partial charge in [0.25, 0.3) is 0 Å². The Labute approximate surface area is 97.0 Å². The van der Waals surface area contributed by atoms with E-state index in [1.54, 1.807) is 9.36 Å². The van der Waals surface area contributed by atoms with Gasteiger partial charge in [-0.2, -0.15) is 0 Å². The van der Waals surface area contributed by atoms with Crippen molar-refractivity contribution in [2.75, 3.05) is 0 Å². The molecule has 0 aliphatic carbocycles. The van der Waals surface area contributed by atoms with Crippen LogP contribution in [-0.2, 0) is 13.1 Å². The highest BCUT2D eigenvalue weighted by molar-refractivity contribution is 4.53. The normalized spacial score (nSPS) is 10.9. The maximum Gasteiger partial charge on any atom is 0.238 e. The summed E-state index contributed by atoms with van der Waals surface area (Å²) < 4.78 is 3.29. The fraction of sp³-hybridized carbons (Fsp3) is 0.909. The van der Waals surface area contributed by atoms with E-state index in [1.807, 2.05) is 6.92 Å². The van der Waals surface area contributed by atoms with E-state index in [4.69, 9.17) is 5.41 Å². The molecule has 92 valence electrons. The van der Waals surface area contributed by atoms with Crippen molar-refractivity contribution in [1.29, 1.82) is 5.41 Å². The zero-order valence-electron chi connectivity index (χ0n) is 10.4. The molecule has 0 unspecified atom stereocenters. The highest BCUT2D eigenvalue weighted by atomic mass is 15.6. The van der Waals surface area contributed by atoms with Gasteiger partial charge in [-0.15, -0.1) is 0 Å². The smallest absolute Gasteiger partial charge is 0.238 e. The first-order chi connectivity index (χ1) is 7.79. The molecule has 1 heterocycles. The van der Waals surface area contributed by atoms with Crippen molar-refractivity contribution in [2.24, 2.45) is 0 Å². The Morgan fingerprint density at radius 2 is 1.56 bits per heavy atom. The summed E-state index contributed by atoms with van der Waals surface area (Å²) in [6, 6.07) is 0. The molecule has 0 aliphatic heterocycles. The molecule has 0 radical (unpaired) electrons. The lowest BCUT2D eigenvalue weighted by Crippen LogP contribution is -2.25. The SMILES string of the molecule is CCCCCCCCn1nnn(CC)c1=N. The van der Waals surface area contributed by atoms with Crippen molar-refractivity contribution < 1.29 is 0 Å². The summed E-state index contributed by atoms with van der Waals surface area (Å²) in [5, 5.41) is 15.6. The number of hydrogen-bond acceptors (Lipinski definition) is 3. The number of aryl methyl sites for hydroxylation is 2. The van der Waals surface area contributed by atoms with Crippen LogP contribution in [0.4, 0.5) is 0 Å². The molecular weight excluding hydrogens is 202 g/mol. The molecule has 0 fully saturated rings. The van der Waals surface area contributed by atoms with Gasteiger partial charge in [-0.3, -0.25) is 5.41 Å². The molecule has 1 rings (SSSR count). The van der Waals surface area contributed by atoms with Gasteiger partial charge in [0.2, 0.25) is 5.62 Å². The van der Waals surface area contributed by atoms with Gasteiger partial charge in [-0.1, -0.05) is 39.0 Å². The molecule has 0 spiro atoms. The molecule has 5 heteroatoms. The lowest BCUT2D eigenvalue weighted by Gasteiger charge is -2.00. The molecule has 0 bridgehead atoms. The molecule has 16 heavy (non-hydrogen) atoms. The second kappa shape index (κ2) is 7.19. The number of rotatable bonds is 8. The van der Waals surface area contributed by atoms with Gasteiger partial charge in [0.15, 0.2) is 0 Å². The van der Waals surface area contributed by atoms with Gasteiger partial charge >= 0.3 is 0 Å². The third kappa shape index (κ3) is 3.79. The number of tetrazole rings is 1. The Balaban J connectivity index is 2.22. The zero-order chi connectivity index (χ0) is 11.8. The Hall–Kier alpha value is -1.13. The molecule has 0 atom stereocenters. The van der Waals surface area contributed by atoms with Gasteiger partial charge < -0.3 is 0 Å². The molecule has 1 aromatic heterocycles. The largest absolute Gasteiger partial charge is 0.266 e. The summed E-state index contributed by atoms with van der Waals surface area (Å²) in [5.41, 5.74) is 0.413. The fourth-order valence-electron chi connectivity index (χ4n) is 1.72. The first kappa shape index (κ1) is 12.9. The Bertz CT molecular complexity index is 338. The van der Waals surface area contributed by atoms with Gasteiger partial charge in [0.1, 0.15) is 0 Å². The van der Waals surface area contributed by atoms with Crippen molar-refractivity contribution >= 4 is 0 Å². The molecule has 0 amide bonds. The van der Waals surface area contributed by atoms with Crippen molar-refractivity contribution in [1.82, 2.24) is 19.8 Å². The van der Waals surface area contributed by atoms with E-state index in [2.05, 4.69) is 17.4 Å². The number of nitrogens with one attached hydrogen (secondary N) is 1. The number of hydrogen-bond donors (Lipinski definition) is 1. The lowest BCUT2D eigenvalue weighted by molar-refractivity contribution is 0.498. The highest BCUT2D eigenvalue weighted by Gasteiger charge is 2.00. The first-order valence-corrected chi connectivity index (χ1v) is 6.34. The second-order valence-corrected chi connectivity index (χ2v) is 4.11. The molecule has 5 nitrogen and oxygen atoms in total. The third-order valence-electron chi connectivity index (χ3n) is 2.77. The van der Waals surface area contributed by atoms with Crippen LogP contribution in [-0.4, -0.2) is 19.8 Å². The predicted octanol–water partition coefficient (Wildman–Crippen LogP) is 1.94. The second-order valence-electron chi connectivity index (χ2n) is 4.11. The predicted molar refractivity (Wildman–Crippen MR) is 62.9 cm³/mol. The van der Waals surface area contributed by atoms with E-state index in [0.29, 0.717) is 5.62 Å². The molecule has 0 aliphatic rings. The summed E-state index contributed by atoms with van der Waals surface area (Å²) in [6.07, 6.45) is 7.58. The standard InChI is InChI=1S/C11H23N5/c1-3-5-6-7-8-9-10-16-11(12)15(4-2)13-14-16/h12H,3-10H2,1-2H3. The Morgan fingerprint density at radius 3 is 2.19 bits per heavy atom. The van der Waals surface area contributed by atoms with E-state index in [1.165, 1.54) is 32.1 Å². The summed E-state index contributed by atoms with van der Waals surface area (Å²) in [4.78, 5) is 0. The van der Waals surface area contributed by atoms with Crippen LogP contribution in [0.25, 0.3) is 0 Å². The maximum atomic E-state index is 7.77. The highest BCUT2D eigenvalue weighted by Crippen LogP contribution is 2.05. The minimum atomic E-state index is 0.413. The average Bonchev–Trinajstić information content (AvgIpc) is 2.65. The minimum absolute atomic E-state index is 0.413. The van der Waals surface area contributed by atoms with Crippen LogP contribution >= 0.6 is 0 Å². The summed E-state index contributed by atoms with van der Waals surface area (Å²) in [7, 11) is 0. The summed E-state index contributed by atoms with van der Waals surface area (Å²) in [5.74, 6) is 0. The lowest BCUT2D eigenvalue weighted by atomic mass is 10.1. The summed E-state index contributed by atoms with van der Waals surface area (Å²) >= 11 is 0. The molecule has 0 saturated heterocycles. The first-order valence-electron chi connectivity index (χ1n) is 6.34. The zero-order valence-corrected chi connectivity index (χ0v) is 10.4. The van der Waals surface area contributed by atoms with Crippen molar-refractivity contribution in [2.45, 2.75) is 65.5 Å². The number of nitrogens with zero attached hydrogens (tertiary/aromatic N) is 4. The quantitative estimate of drug-likeness (QED) is 0.687. The van der Waals surface area contributed by atoms with E-state index in [9.17, 15) is 0 Å². The van der Waals surface area contributed by atoms with Crippen LogP contribution in [0.3, 0.4) is 0 Å². The van der Waals surface area contributed by atoms with Gasteiger partial charge in [0.05, 0.1) is 0 Å². The van der Waals surface area contributed by atoms with E-state index in [0.717, 1.165) is 19.5 Å². The van der Waals surface area contributed by atoms with Crippen LogP contribution in [0.1, 0.15) is 52.4 Å².